The molecule has 1 fully saturated rings. The zero-order valence-corrected chi connectivity index (χ0v) is 19.8. The first-order valence-corrected chi connectivity index (χ1v) is 12.7. The molecular formula is C26H26N2O5S. The molecule has 1 N–H and O–H groups in total. The molecule has 2 aromatic carbocycles. The molecule has 7 nitrogen and oxygen atoms in total. The van der Waals surface area contributed by atoms with Gasteiger partial charge >= 0.3 is 5.97 Å². The minimum absolute atomic E-state index is 0.0115. The Morgan fingerprint density at radius 3 is 2.53 bits per heavy atom. The highest BCUT2D eigenvalue weighted by Gasteiger charge is 2.44. The molecule has 3 aromatic rings. The van der Waals surface area contributed by atoms with Crippen LogP contribution in [0.15, 0.2) is 65.6 Å². The Morgan fingerprint density at radius 2 is 1.82 bits per heavy atom. The summed E-state index contributed by atoms with van der Waals surface area (Å²) in [5, 5.41) is 9.27. The predicted octanol–water partition coefficient (Wildman–Crippen LogP) is 4.43. The number of rotatable bonds is 5. The van der Waals surface area contributed by atoms with Crippen molar-refractivity contribution >= 4 is 21.7 Å². The Morgan fingerprint density at radius 1 is 1.06 bits per heavy atom. The lowest BCUT2D eigenvalue weighted by atomic mass is 9.72. The predicted molar refractivity (Wildman–Crippen MR) is 128 cm³/mol. The first-order chi connectivity index (χ1) is 16.2. The highest BCUT2D eigenvalue weighted by Crippen LogP contribution is 2.45. The molecule has 34 heavy (non-hydrogen) atoms. The van der Waals surface area contributed by atoms with Crippen molar-refractivity contribution in [3.8, 4) is 17.0 Å². The normalized spacial score (nSPS) is 21.8. The quantitative estimate of drug-likeness (QED) is 0.583. The molecule has 1 aliphatic heterocycles. The smallest absolute Gasteiger partial charge is 0.306 e. The zero-order chi connectivity index (χ0) is 24.0. The summed E-state index contributed by atoms with van der Waals surface area (Å²) in [6, 6.07) is 18.0. The molecular weight excluding hydrogens is 452 g/mol. The molecule has 0 unspecified atom stereocenters. The van der Waals surface area contributed by atoms with E-state index in [0.717, 1.165) is 22.5 Å². The van der Waals surface area contributed by atoms with Gasteiger partial charge in [-0.15, -0.1) is 0 Å². The van der Waals surface area contributed by atoms with Gasteiger partial charge in [0.25, 0.3) is 10.0 Å². The molecule has 0 spiro atoms. The Bertz CT molecular complexity index is 1370. The van der Waals surface area contributed by atoms with Crippen molar-refractivity contribution in [3.63, 3.8) is 0 Å². The number of carboxylic acid groups (broad SMARTS) is 1. The van der Waals surface area contributed by atoms with Gasteiger partial charge in [0.15, 0.2) is 0 Å². The van der Waals surface area contributed by atoms with Crippen LogP contribution in [0.25, 0.3) is 11.3 Å². The third-order valence-corrected chi connectivity index (χ3v) is 8.44. The third-order valence-electron chi connectivity index (χ3n) is 6.66. The number of nitrogens with zero attached hydrogens (tertiary/aromatic N) is 2. The maximum Gasteiger partial charge on any atom is 0.306 e. The Hall–Kier alpha value is -3.39. The van der Waals surface area contributed by atoms with Crippen LogP contribution in [-0.2, 0) is 14.8 Å². The summed E-state index contributed by atoms with van der Waals surface area (Å²) < 4.78 is 35.3. The molecule has 2 heterocycles. The molecule has 1 saturated carbocycles. The zero-order valence-electron chi connectivity index (χ0n) is 19.0. The third kappa shape index (κ3) is 4.03. The minimum Gasteiger partial charge on any atom is -0.486 e. The first-order valence-electron chi connectivity index (χ1n) is 11.3. The van der Waals surface area contributed by atoms with E-state index in [0.29, 0.717) is 24.3 Å². The molecule has 1 aliphatic carbocycles. The van der Waals surface area contributed by atoms with Crippen molar-refractivity contribution in [1.29, 1.82) is 0 Å². The number of aliphatic carboxylic acids is 1. The van der Waals surface area contributed by atoms with Crippen molar-refractivity contribution < 1.29 is 23.1 Å². The minimum atomic E-state index is -3.87. The van der Waals surface area contributed by atoms with Gasteiger partial charge in [-0.1, -0.05) is 18.2 Å². The van der Waals surface area contributed by atoms with Gasteiger partial charge in [-0.05, 0) is 80.6 Å². The lowest BCUT2D eigenvalue weighted by Gasteiger charge is -2.43. The van der Waals surface area contributed by atoms with E-state index in [1.807, 2.05) is 50.2 Å². The molecule has 0 radical (unpaired) electrons. The van der Waals surface area contributed by atoms with Crippen LogP contribution in [0.1, 0.15) is 24.1 Å². The molecule has 0 bridgehead atoms. The van der Waals surface area contributed by atoms with Crippen LogP contribution in [0.4, 0.5) is 5.69 Å². The monoisotopic (exact) mass is 478 g/mol. The number of hydrogen-bond acceptors (Lipinski definition) is 5. The average molecular weight is 479 g/mol. The second kappa shape index (κ2) is 8.43. The summed E-state index contributed by atoms with van der Waals surface area (Å²) in [4.78, 5) is 16.1. The summed E-state index contributed by atoms with van der Waals surface area (Å²) in [5.41, 5.74) is 3.73. The van der Waals surface area contributed by atoms with Gasteiger partial charge in [0, 0.05) is 11.3 Å². The van der Waals surface area contributed by atoms with Crippen molar-refractivity contribution in [2.45, 2.75) is 37.7 Å². The van der Waals surface area contributed by atoms with Gasteiger partial charge in [0.2, 0.25) is 0 Å². The fourth-order valence-electron chi connectivity index (χ4n) is 4.68. The average Bonchev–Trinajstić information content (AvgIpc) is 2.77. The maximum atomic E-state index is 13.8. The largest absolute Gasteiger partial charge is 0.486 e. The van der Waals surface area contributed by atoms with Crippen LogP contribution >= 0.6 is 0 Å². The van der Waals surface area contributed by atoms with Crippen LogP contribution < -0.4 is 9.04 Å². The molecule has 1 aromatic heterocycles. The summed E-state index contributed by atoms with van der Waals surface area (Å²) in [5.74, 6) is -0.746. The molecule has 5 rings (SSSR count). The van der Waals surface area contributed by atoms with Crippen LogP contribution in [-0.4, -0.2) is 37.1 Å². The second-order valence-corrected chi connectivity index (χ2v) is 11.0. The number of pyridine rings is 1. The van der Waals surface area contributed by atoms with Crippen molar-refractivity contribution in [2.24, 2.45) is 11.8 Å². The number of carboxylic acids is 1. The Kier molecular flexibility index (Phi) is 5.56. The topological polar surface area (TPSA) is 96.8 Å². The number of carbonyl (C=O) groups is 1. The number of aromatic nitrogens is 1. The SMILES string of the molecule is Cc1cccc(S(=O)(=O)N2C[C@H](C3CC(C(=O)O)C3)Oc3ccc(-c4cccc(C)n4)cc32)c1. The molecule has 0 saturated heterocycles. The van der Waals surface area contributed by atoms with Crippen molar-refractivity contribution in [2.75, 3.05) is 10.8 Å². The fourth-order valence-corrected chi connectivity index (χ4v) is 6.26. The standard InChI is InChI=1S/C26H26N2O5S/c1-16-5-3-7-21(11-16)34(31,32)28-15-25(19-12-20(13-19)26(29)30)33-24-10-9-18(14-23(24)28)22-8-4-6-17(2)27-22/h3-11,14,19-20,25H,12-13,15H2,1-2H3,(H,29,30)/t19?,20?,25-/m1/s1. The summed E-state index contributed by atoms with van der Waals surface area (Å²) in [7, 11) is -3.87. The highest BCUT2D eigenvalue weighted by molar-refractivity contribution is 7.92. The van der Waals surface area contributed by atoms with E-state index in [-0.39, 0.29) is 17.4 Å². The number of fused-ring (bicyclic) bond motifs is 1. The van der Waals surface area contributed by atoms with E-state index in [1.165, 1.54) is 4.31 Å². The van der Waals surface area contributed by atoms with Gasteiger partial charge < -0.3 is 9.84 Å². The Labute approximate surface area is 199 Å². The summed E-state index contributed by atoms with van der Waals surface area (Å²) in [6.07, 6.45) is 0.559. The van der Waals surface area contributed by atoms with Gasteiger partial charge in [0.1, 0.15) is 11.9 Å². The van der Waals surface area contributed by atoms with E-state index in [2.05, 4.69) is 4.98 Å². The lowest BCUT2D eigenvalue weighted by molar-refractivity contribution is -0.147. The summed E-state index contributed by atoms with van der Waals surface area (Å²) >= 11 is 0. The molecule has 0 amide bonds. The van der Waals surface area contributed by atoms with E-state index in [1.54, 1.807) is 24.3 Å². The van der Waals surface area contributed by atoms with Crippen LogP contribution in [0, 0.1) is 25.7 Å². The maximum absolute atomic E-state index is 13.8. The first kappa shape index (κ1) is 22.4. The van der Waals surface area contributed by atoms with Crippen molar-refractivity contribution in [3.05, 3.63) is 71.9 Å². The molecule has 1 atom stereocenters. The van der Waals surface area contributed by atoms with Crippen LogP contribution in [0.3, 0.4) is 0 Å². The number of anilines is 1. The Balaban J connectivity index is 1.57. The fraction of sp³-hybridized carbons (Fsp3) is 0.308. The van der Waals surface area contributed by atoms with E-state index in [9.17, 15) is 18.3 Å². The van der Waals surface area contributed by atoms with E-state index < -0.39 is 28.0 Å². The number of sulfonamides is 1. The number of ether oxygens (including phenoxy) is 1. The lowest BCUT2D eigenvalue weighted by Crippen LogP contribution is -2.50. The van der Waals surface area contributed by atoms with E-state index >= 15 is 0 Å². The van der Waals surface area contributed by atoms with Gasteiger partial charge in [-0.3, -0.25) is 14.1 Å². The van der Waals surface area contributed by atoms with Gasteiger partial charge in [-0.2, -0.15) is 0 Å². The molecule has 8 heteroatoms. The molecule has 2 aliphatic rings. The van der Waals surface area contributed by atoms with Crippen LogP contribution in [0.5, 0.6) is 5.75 Å². The van der Waals surface area contributed by atoms with E-state index in [4.69, 9.17) is 4.74 Å². The van der Waals surface area contributed by atoms with Crippen molar-refractivity contribution in [1.82, 2.24) is 4.98 Å². The number of benzene rings is 2. The van der Waals surface area contributed by atoms with Gasteiger partial charge in [-0.25, -0.2) is 8.42 Å². The summed E-state index contributed by atoms with van der Waals surface area (Å²) in [6.45, 7) is 3.90. The van der Waals surface area contributed by atoms with Gasteiger partial charge in [0.05, 0.1) is 28.7 Å². The second-order valence-electron chi connectivity index (χ2n) is 9.12. The van der Waals surface area contributed by atoms with Crippen LogP contribution in [0.2, 0.25) is 0 Å². The number of hydrogen-bond donors (Lipinski definition) is 1. The highest BCUT2D eigenvalue weighted by atomic mass is 32.2. The molecule has 176 valence electrons. The number of aryl methyl sites for hydroxylation is 2.